The zero-order chi connectivity index (χ0) is 30.0. The van der Waals surface area contributed by atoms with Crippen molar-refractivity contribution in [1.29, 1.82) is 0 Å². The van der Waals surface area contributed by atoms with Gasteiger partial charge in [-0.25, -0.2) is 9.78 Å². The van der Waals surface area contributed by atoms with Crippen LogP contribution in [0, 0.1) is 0 Å². The van der Waals surface area contributed by atoms with Crippen molar-refractivity contribution in [2.24, 2.45) is 0 Å². The highest BCUT2D eigenvalue weighted by Crippen LogP contribution is 2.22. The second kappa shape index (κ2) is 13.7. The molecule has 0 saturated heterocycles. The Bertz CT molecular complexity index is 1370. The minimum Gasteiger partial charge on any atom is -0.444 e. The van der Waals surface area contributed by atoms with Crippen molar-refractivity contribution in [2.45, 2.75) is 65.5 Å². The van der Waals surface area contributed by atoms with Gasteiger partial charge in [-0.05, 0) is 71.0 Å². The SMILES string of the molecule is CCCNc1nc(Nc2ccc3cnccc3c2)ncc1C(=O)NCCCNC(=O)C(C)(C)NC(=O)OC(C)(C)C. The third kappa shape index (κ3) is 9.59. The summed E-state index contributed by atoms with van der Waals surface area (Å²) in [5.41, 5.74) is -0.699. The van der Waals surface area contributed by atoms with Crippen LogP contribution in [0.4, 0.5) is 22.2 Å². The number of hydrogen-bond acceptors (Lipinski definition) is 9. The van der Waals surface area contributed by atoms with E-state index in [0.717, 1.165) is 22.9 Å². The summed E-state index contributed by atoms with van der Waals surface area (Å²) in [5.74, 6) is 0.0981. The molecule has 0 fully saturated rings. The van der Waals surface area contributed by atoms with Crippen LogP contribution in [-0.4, -0.2) is 63.6 Å². The van der Waals surface area contributed by atoms with E-state index in [-0.39, 0.29) is 11.8 Å². The van der Waals surface area contributed by atoms with Crippen molar-refractivity contribution in [3.63, 3.8) is 0 Å². The van der Waals surface area contributed by atoms with Crippen LogP contribution in [-0.2, 0) is 9.53 Å². The molecule has 3 rings (SSSR count). The molecule has 0 spiro atoms. The third-order valence-electron chi connectivity index (χ3n) is 5.78. The fourth-order valence-electron chi connectivity index (χ4n) is 3.70. The summed E-state index contributed by atoms with van der Waals surface area (Å²) in [5, 5.41) is 16.7. The first-order chi connectivity index (χ1) is 19.4. The van der Waals surface area contributed by atoms with Gasteiger partial charge in [-0.2, -0.15) is 4.98 Å². The van der Waals surface area contributed by atoms with Crippen LogP contribution in [0.1, 0.15) is 64.7 Å². The number of amides is 3. The van der Waals surface area contributed by atoms with Crippen molar-refractivity contribution in [3.8, 4) is 0 Å². The number of rotatable bonds is 12. The number of fused-ring (bicyclic) bond motifs is 1. The molecule has 5 N–H and O–H groups in total. The monoisotopic (exact) mass is 564 g/mol. The Morgan fingerprint density at radius 3 is 2.41 bits per heavy atom. The zero-order valence-corrected chi connectivity index (χ0v) is 24.6. The predicted octanol–water partition coefficient (Wildman–Crippen LogP) is 4.13. The van der Waals surface area contributed by atoms with Crippen LogP contribution < -0.4 is 26.6 Å². The number of nitrogens with one attached hydrogen (secondary N) is 5. The smallest absolute Gasteiger partial charge is 0.408 e. The summed E-state index contributed by atoms with van der Waals surface area (Å²) in [7, 11) is 0. The second-order valence-corrected chi connectivity index (χ2v) is 11.1. The van der Waals surface area contributed by atoms with Crippen molar-refractivity contribution < 1.29 is 19.1 Å². The van der Waals surface area contributed by atoms with Gasteiger partial charge in [0.05, 0.1) is 0 Å². The van der Waals surface area contributed by atoms with E-state index in [1.54, 1.807) is 47.0 Å². The second-order valence-electron chi connectivity index (χ2n) is 11.1. The highest BCUT2D eigenvalue weighted by molar-refractivity contribution is 5.98. The first-order valence-electron chi connectivity index (χ1n) is 13.7. The van der Waals surface area contributed by atoms with Crippen molar-refractivity contribution in [2.75, 3.05) is 30.3 Å². The van der Waals surface area contributed by atoms with Gasteiger partial charge in [0, 0.05) is 49.3 Å². The molecule has 2 aromatic heterocycles. The molecule has 1 aromatic carbocycles. The van der Waals surface area contributed by atoms with E-state index in [1.165, 1.54) is 6.20 Å². The maximum Gasteiger partial charge on any atom is 0.408 e. The fraction of sp³-hybridized carbons (Fsp3) is 0.448. The summed E-state index contributed by atoms with van der Waals surface area (Å²) in [6.45, 7) is 11.7. The summed E-state index contributed by atoms with van der Waals surface area (Å²) in [6.07, 6.45) is 5.69. The standard InChI is InChI=1S/C29H40N8O4/c1-7-12-31-23-22(18-34-26(36-23)35-21-10-9-20-17-30-15-11-19(20)16-21)24(38)32-13-8-14-33-25(39)29(5,6)37-27(40)41-28(2,3)4/h9-11,15-18H,7-8,12-14H2,1-6H3,(H,32,38)(H,33,39)(H,37,40)(H2,31,34,35,36). The lowest BCUT2D eigenvalue weighted by Gasteiger charge is -2.27. The number of hydrogen-bond donors (Lipinski definition) is 5. The lowest BCUT2D eigenvalue weighted by Crippen LogP contribution is -2.55. The number of nitrogens with zero attached hydrogens (tertiary/aromatic N) is 3. The van der Waals surface area contributed by atoms with Crippen molar-refractivity contribution >= 4 is 46.1 Å². The molecule has 12 heteroatoms. The molecule has 220 valence electrons. The number of alkyl carbamates (subject to hydrolysis) is 1. The molecule has 0 atom stereocenters. The highest BCUT2D eigenvalue weighted by Gasteiger charge is 2.31. The number of aromatic nitrogens is 3. The number of ether oxygens (including phenoxy) is 1. The van der Waals surface area contributed by atoms with Gasteiger partial charge in [0.25, 0.3) is 5.91 Å². The Kier molecular flexibility index (Phi) is 10.4. The molecule has 0 saturated carbocycles. The number of carbonyl (C=O) groups is 3. The first-order valence-corrected chi connectivity index (χ1v) is 13.7. The van der Waals surface area contributed by atoms with Gasteiger partial charge < -0.3 is 31.3 Å². The quantitative estimate of drug-likeness (QED) is 0.204. The summed E-state index contributed by atoms with van der Waals surface area (Å²) < 4.78 is 5.22. The predicted molar refractivity (Wildman–Crippen MR) is 159 cm³/mol. The minimum atomic E-state index is -1.16. The number of carbonyl (C=O) groups excluding carboxylic acids is 3. The van der Waals surface area contributed by atoms with Gasteiger partial charge in [0.15, 0.2) is 0 Å². The number of anilines is 3. The lowest BCUT2D eigenvalue weighted by atomic mass is 10.1. The normalized spacial score (nSPS) is 11.5. The average Bonchev–Trinajstić information content (AvgIpc) is 2.90. The molecule has 12 nitrogen and oxygen atoms in total. The topological polar surface area (TPSA) is 159 Å². The summed E-state index contributed by atoms with van der Waals surface area (Å²) in [6, 6.07) is 7.79. The van der Waals surface area contributed by atoms with E-state index in [9.17, 15) is 14.4 Å². The highest BCUT2D eigenvalue weighted by atomic mass is 16.6. The maximum atomic E-state index is 12.9. The van der Waals surface area contributed by atoms with Gasteiger partial charge in [0.1, 0.15) is 22.5 Å². The molecule has 41 heavy (non-hydrogen) atoms. The molecule has 0 bridgehead atoms. The van der Waals surface area contributed by atoms with Gasteiger partial charge in [-0.3, -0.25) is 14.6 Å². The van der Waals surface area contributed by atoms with Gasteiger partial charge in [-0.1, -0.05) is 13.0 Å². The van der Waals surface area contributed by atoms with E-state index in [1.807, 2.05) is 31.2 Å². The van der Waals surface area contributed by atoms with Crippen LogP contribution in [0.15, 0.2) is 42.9 Å². The molecule has 3 aromatic rings. The van der Waals surface area contributed by atoms with Gasteiger partial charge in [-0.15, -0.1) is 0 Å². The van der Waals surface area contributed by atoms with E-state index in [4.69, 9.17) is 4.74 Å². The van der Waals surface area contributed by atoms with Crippen LogP contribution >= 0.6 is 0 Å². The Morgan fingerprint density at radius 1 is 0.927 bits per heavy atom. The molecular formula is C29H40N8O4. The van der Waals surface area contributed by atoms with Crippen molar-refractivity contribution in [3.05, 3.63) is 48.4 Å². The zero-order valence-electron chi connectivity index (χ0n) is 24.6. The molecule has 0 radical (unpaired) electrons. The Morgan fingerprint density at radius 2 is 1.68 bits per heavy atom. The van der Waals surface area contributed by atoms with E-state index in [2.05, 4.69) is 41.5 Å². The third-order valence-corrected chi connectivity index (χ3v) is 5.78. The number of benzene rings is 1. The van der Waals surface area contributed by atoms with Gasteiger partial charge >= 0.3 is 6.09 Å². The van der Waals surface area contributed by atoms with E-state index in [0.29, 0.717) is 43.4 Å². The Balaban J connectivity index is 1.53. The van der Waals surface area contributed by atoms with E-state index >= 15 is 0 Å². The molecule has 3 amide bonds. The van der Waals surface area contributed by atoms with Gasteiger partial charge in [0.2, 0.25) is 11.9 Å². The summed E-state index contributed by atoms with van der Waals surface area (Å²) >= 11 is 0. The lowest BCUT2D eigenvalue weighted by molar-refractivity contribution is -0.126. The minimum absolute atomic E-state index is 0.306. The number of pyridine rings is 1. The largest absolute Gasteiger partial charge is 0.444 e. The average molecular weight is 565 g/mol. The maximum absolute atomic E-state index is 12.9. The molecule has 0 aliphatic rings. The molecule has 0 aliphatic carbocycles. The Hall–Kier alpha value is -4.48. The van der Waals surface area contributed by atoms with Crippen LogP contribution in [0.5, 0.6) is 0 Å². The van der Waals surface area contributed by atoms with E-state index < -0.39 is 17.2 Å². The summed E-state index contributed by atoms with van der Waals surface area (Å²) in [4.78, 5) is 50.5. The molecular weight excluding hydrogens is 524 g/mol. The Labute approximate surface area is 240 Å². The molecule has 2 heterocycles. The fourth-order valence-corrected chi connectivity index (χ4v) is 3.70. The molecule has 0 unspecified atom stereocenters. The first kappa shape index (κ1) is 31.1. The van der Waals surface area contributed by atoms with Crippen LogP contribution in [0.2, 0.25) is 0 Å². The van der Waals surface area contributed by atoms with Crippen LogP contribution in [0.25, 0.3) is 10.8 Å². The van der Waals surface area contributed by atoms with Crippen LogP contribution in [0.3, 0.4) is 0 Å². The molecule has 0 aliphatic heterocycles. The van der Waals surface area contributed by atoms with Crippen molar-refractivity contribution in [1.82, 2.24) is 30.9 Å².